The van der Waals surface area contributed by atoms with Crippen LogP contribution in [0.4, 0.5) is 0 Å². The zero-order valence-corrected chi connectivity index (χ0v) is 8.42. The maximum Gasteiger partial charge on any atom is 0.216 e. The number of nitrogens with one attached hydrogen (secondary N) is 1. The number of fused-ring (bicyclic) bond motifs is 1. The number of rotatable bonds is 2. The Bertz CT molecular complexity index is 346. The highest BCUT2D eigenvalue weighted by Crippen LogP contribution is 2.31. The molecule has 1 aromatic carbocycles. The molecular weight excluding hydrogens is 174 g/mol. The molecular formula is C12H15NO. The maximum atomic E-state index is 10.8. The third kappa shape index (κ3) is 1.79. The molecule has 0 bridgehead atoms. The highest BCUT2D eigenvalue weighted by atomic mass is 16.1. The molecule has 0 aliphatic heterocycles. The van der Waals surface area contributed by atoms with E-state index in [-0.39, 0.29) is 5.91 Å². The van der Waals surface area contributed by atoms with E-state index >= 15 is 0 Å². The lowest BCUT2D eigenvalue weighted by molar-refractivity contribution is -0.119. The van der Waals surface area contributed by atoms with Crippen LogP contribution in [0.15, 0.2) is 24.3 Å². The van der Waals surface area contributed by atoms with Crippen LogP contribution in [0.25, 0.3) is 0 Å². The van der Waals surface area contributed by atoms with Gasteiger partial charge in [0, 0.05) is 19.4 Å². The summed E-state index contributed by atoms with van der Waals surface area (Å²) in [6.45, 7) is 2.35. The van der Waals surface area contributed by atoms with Gasteiger partial charge in [-0.05, 0) is 24.0 Å². The Kier molecular flexibility index (Phi) is 2.53. The summed E-state index contributed by atoms with van der Waals surface area (Å²) >= 11 is 0. The normalized spacial score (nSPS) is 19.1. The van der Waals surface area contributed by atoms with Crippen molar-refractivity contribution in [3.05, 3.63) is 35.4 Å². The van der Waals surface area contributed by atoms with Crippen LogP contribution >= 0.6 is 0 Å². The SMILES string of the molecule is CC(=O)NCC1CCc2ccccc21. The zero-order valence-electron chi connectivity index (χ0n) is 8.42. The lowest BCUT2D eigenvalue weighted by atomic mass is 10.0. The largest absolute Gasteiger partial charge is 0.356 e. The van der Waals surface area contributed by atoms with Crippen LogP contribution in [0.5, 0.6) is 0 Å². The Balaban J connectivity index is 2.07. The number of amides is 1. The van der Waals surface area contributed by atoms with E-state index < -0.39 is 0 Å². The fourth-order valence-corrected chi connectivity index (χ4v) is 2.12. The molecule has 0 saturated heterocycles. The van der Waals surface area contributed by atoms with Gasteiger partial charge in [0.2, 0.25) is 5.91 Å². The number of carbonyl (C=O) groups is 1. The Hall–Kier alpha value is -1.31. The monoisotopic (exact) mass is 189 g/mol. The molecule has 1 aliphatic carbocycles. The molecule has 1 aromatic rings. The van der Waals surface area contributed by atoms with E-state index in [0.29, 0.717) is 5.92 Å². The molecule has 0 spiro atoms. The maximum absolute atomic E-state index is 10.8. The lowest BCUT2D eigenvalue weighted by Gasteiger charge is -2.11. The summed E-state index contributed by atoms with van der Waals surface area (Å²) in [6, 6.07) is 8.52. The van der Waals surface area contributed by atoms with Gasteiger partial charge >= 0.3 is 0 Å². The van der Waals surface area contributed by atoms with Crippen molar-refractivity contribution in [2.75, 3.05) is 6.54 Å². The number of benzene rings is 1. The molecule has 14 heavy (non-hydrogen) atoms. The van der Waals surface area contributed by atoms with Crippen molar-refractivity contribution in [3.63, 3.8) is 0 Å². The summed E-state index contributed by atoms with van der Waals surface area (Å²) in [5.74, 6) is 0.587. The number of aryl methyl sites for hydroxylation is 1. The van der Waals surface area contributed by atoms with Crippen molar-refractivity contribution in [1.29, 1.82) is 0 Å². The van der Waals surface area contributed by atoms with Gasteiger partial charge in [0.15, 0.2) is 0 Å². The summed E-state index contributed by atoms with van der Waals surface area (Å²) in [7, 11) is 0. The van der Waals surface area contributed by atoms with Crippen LogP contribution in [0.2, 0.25) is 0 Å². The van der Waals surface area contributed by atoms with Crippen LogP contribution in [0, 0.1) is 0 Å². The Labute approximate surface area is 84.3 Å². The molecule has 0 aromatic heterocycles. The second-order valence-corrected chi connectivity index (χ2v) is 3.87. The number of carbonyl (C=O) groups excluding carboxylic acids is 1. The van der Waals surface area contributed by atoms with E-state index in [1.54, 1.807) is 6.92 Å². The molecule has 1 N–H and O–H groups in total. The van der Waals surface area contributed by atoms with Crippen LogP contribution in [0.3, 0.4) is 0 Å². The van der Waals surface area contributed by atoms with Crippen molar-refractivity contribution in [2.45, 2.75) is 25.7 Å². The highest BCUT2D eigenvalue weighted by Gasteiger charge is 2.21. The zero-order chi connectivity index (χ0) is 9.97. The van der Waals surface area contributed by atoms with E-state index in [0.717, 1.165) is 13.0 Å². The molecule has 0 heterocycles. The smallest absolute Gasteiger partial charge is 0.216 e. The predicted molar refractivity (Wildman–Crippen MR) is 56.2 cm³/mol. The summed E-state index contributed by atoms with van der Waals surface area (Å²) in [6.07, 6.45) is 2.32. The molecule has 0 radical (unpaired) electrons. The van der Waals surface area contributed by atoms with Gasteiger partial charge < -0.3 is 5.32 Å². The first-order valence-corrected chi connectivity index (χ1v) is 5.09. The summed E-state index contributed by atoms with van der Waals surface area (Å²) in [4.78, 5) is 10.8. The fraction of sp³-hybridized carbons (Fsp3) is 0.417. The number of hydrogen-bond donors (Lipinski definition) is 1. The average molecular weight is 189 g/mol. The Morgan fingerprint density at radius 2 is 2.29 bits per heavy atom. The number of hydrogen-bond acceptors (Lipinski definition) is 1. The molecule has 1 aliphatic rings. The van der Waals surface area contributed by atoms with Crippen LogP contribution < -0.4 is 5.32 Å². The van der Waals surface area contributed by atoms with Gasteiger partial charge in [-0.3, -0.25) is 4.79 Å². The third-order valence-electron chi connectivity index (χ3n) is 2.85. The van der Waals surface area contributed by atoms with Gasteiger partial charge in [-0.25, -0.2) is 0 Å². The van der Waals surface area contributed by atoms with Crippen molar-refractivity contribution in [1.82, 2.24) is 5.32 Å². The van der Waals surface area contributed by atoms with E-state index in [2.05, 4.69) is 29.6 Å². The molecule has 0 saturated carbocycles. The molecule has 1 atom stereocenters. The lowest BCUT2D eigenvalue weighted by Crippen LogP contribution is -2.24. The first-order valence-electron chi connectivity index (χ1n) is 5.09. The molecule has 2 heteroatoms. The van der Waals surface area contributed by atoms with Crippen LogP contribution in [0.1, 0.15) is 30.4 Å². The molecule has 0 fully saturated rings. The average Bonchev–Trinajstić information content (AvgIpc) is 2.58. The first kappa shape index (κ1) is 9.25. The molecule has 1 unspecified atom stereocenters. The van der Waals surface area contributed by atoms with Gasteiger partial charge in [-0.15, -0.1) is 0 Å². The highest BCUT2D eigenvalue weighted by molar-refractivity contribution is 5.72. The molecule has 2 rings (SSSR count). The van der Waals surface area contributed by atoms with Crippen LogP contribution in [-0.2, 0) is 11.2 Å². The minimum Gasteiger partial charge on any atom is -0.356 e. The quantitative estimate of drug-likeness (QED) is 0.755. The van der Waals surface area contributed by atoms with Gasteiger partial charge in [0.25, 0.3) is 0 Å². The first-order chi connectivity index (χ1) is 6.77. The predicted octanol–water partition coefficient (Wildman–Crippen LogP) is 1.85. The van der Waals surface area contributed by atoms with Gasteiger partial charge in [-0.1, -0.05) is 24.3 Å². The standard InChI is InChI=1S/C12H15NO/c1-9(14)13-8-11-7-6-10-4-2-3-5-12(10)11/h2-5,11H,6-8H2,1H3,(H,13,14). The minimum absolute atomic E-state index is 0.0642. The summed E-state index contributed by atoms with van der Waals surface area (Å²) in [5, 5.41) is 2.89. The fourth-order valence-electron chi connectivity index (χ4n) is 2.12. The van der Waals surface area contributed by atoms with Gasteiger partial charge in [0.05, 0.1) is 0 Å². The van der Waals surface area contributed by atoms with E-state index in [9.17, 15) is 4.79 Å². The minimum atomic E-state index is 0.0642. The second-order valence-electron chi connectivity index (χ2n) is 3.87. The topological polar surface area (TPSA) is 29.1 Å². The Morgan fingerprint density at radius 3 is 3.07 bits per heavy atom. The van der Waals surface area contributed by atoms with E-state index in [1.807, 2.05) is 0 Å². The molecule has 1 amide bonds. The summed E-state index contributed by atoms with van der Waals surface area (Å²) in [5.41, 5.74) is 2.86. The molecule has 74 valence electrons. The summed E-state index contributed by atoms with van der Waals surface area (Å²) < 4.78 is 0. The van der Waals surface area contributed by atoms with Crippen molar-refractivity contribution in [2.24, 2.45) is 0 Å². The van der Waals surface area contributed by atoms with Crippen molar-refractivity contribution in [3.8, 4) is 0 Å². The van der Waals surface area contributed by atoms with E-state index in [4.69, 9.17) is 0 Å². The second kappa shape index (κ2) is 3.82. The van der Waals surface area contributed by atoms with Crippen molar-refractivity contribution < 1.29 is 4.79 Å². The van der Waals surface area contributed by atoms with Crippen molar-refractivity contribution >= 4 is 5.91 Å². The Morgan fingerprint density at radius 1 is 1.50 bits per heavy atom. The van der Waals surface area contributed by atoms with Gasteiger partial charge in [-0.2, -0.15) is 0 Å². The third-order valence-corrected chi connectivity index (χ3v) is 2.85. The van der Waals surface area contributed by atoms with Gasteiger partial charge in [0.1, 0.15) is 0 Å². The molecule has 2 nitrogen and oxygen atoms in total. The van der Waals surface area contributed by atoms with E-state index in [1.165, 1.54) is 17.5 Å². The van der Waals surface area contributed by atoms with Crippen LogP contribution in [-0.4, -0.2) is 12.5 Å².